The third kappa shape index (κ3) is 6.87. The van der Waals surface area contributed by atoms with E-state index in [1.165, 1.54) is 24.3 Å². The number of carbonyl (C=O) groups is 2. The summed E-state index contributed by atoms with van der Waals surface area (Å²) in [7, 11) is -3.77. The second-order valence-corrected chi connectivity index (χ2v) is 8.60. The van der Waals surface area contributed by atoms with Crippen LogP contribution in [-0.2, 0) is 19.6 Å². The van der Waals surface area contributed by atoms with Crippen LogP contribution in [0.2, 0.25) is 5.02 Å². The minimum Gasteiger partial charge on any atom is -0.325 e. The standard InChI is InChI=1S/C17H18ClN3O4S2/c1-11-8-12(18)2-7-15(11)21-17(23)10-26-9-16(22)20-13-3-5-14(6-4-13)27(19,24)25/h2-8H,9-10H2,1H3,(H,20,22)(H,21,23)(H2,19,24,25). The summed E-state index contributed by atoms with van der Waals surface area (Å²) in [5, 5.41) is 11.0. The van der Waals surface area contributed by atoms with Crippen LogP contribution in [0, 0.1) is 6.92 Å². The van der Waals surface area contributed by atoms with Gasteiger partial charge in [-0.1, -0.05) is 11.6 Å². The summed E-state index contributed by atoms with van der Waals surface area (Å²) < 4.78 is 22.4. The number of thioether (sulfide) groups is 1. The third-order valence-corrected chi connectivity index (χ3v) is 5.49. The predicted molar refractivity (Wildman–Crippen MR) is 109 cm³/mol. The van der Waals surface area contributed by atoms with Gasteiger partial charge in [-0.05, 0) is 55.0 Å². The Balaban J connectivity index is 1.77. The number of hydrogen-bond donors (Lipinski definition) is 3. The Hall–Kier alpha value is -2.07. The van der Waals surface area contributed by atoms with Crippen molar-refractivity contribution in [3.05, 3.63) is 53.1 Å². The molecule has 0 unspecified atom stereocenters. The van der Waals surface area contributed by atoms with Crippen LogP contribution in [0.25, 0.3) is 0 Å². The molecule has 0 aliphatic heterocycles. The Bertz CT molecular complexity index is 947. The van der Waals surface area contributed by atoms with E-state index in [2.05, 4.69) is 10.6 Å². The zero-order chi connectivity index (χ0) is 20.0. The molecule has 0 aliphatic rings. The minimum absolute atomic E-state index is 0.0379. The summed E-state index contributed by atoms with van der Waals surface area (Å²) in [5.74, 6) is -0.348. The summed E-state index contributed by atoms with van der Waals surface area (Å²) in [6.07, 6.45) is 0. The van der Waals surface area contributed by atoms with E-state index in [-0.39, 0.29) is 28.2 Å². The van der Waals surface area contributed by atoms with Gasteiger partial charge in [0.2, 0.25) is 21.8 Å². The summed E-state index contributed by atoms with van der Waals surface area (Å²) in [6, 6.07) is 10.7. The van der Waals surface area contributed by atoms with Crippen LogP contribution in [0.5, 0.6) is 0 Å². The van der Waals surface area contributed by atoms with E-state index in [1.54, 1.807) is 18.2 Å². The van der Waals surface area contributed by atoms with Gasteiger partial charge in [0.15, 0.2) is 0 Å². The van der Waals surface area contributed by atoms with E-state index in [1.807, 2.05) is 6.92 Å². The number of benzene rings is 2. The molecule has 2 aromatic carbocycles. The summed E-state index contributed by atoms with van der Waals surface area (Å²) >= 11 is 7.03. The highest BCUT2D eigenvalue weighted by molar-refractivity contribution is 8.00. The van der Waals surface area contributed by atoms with Crippen molar-refractivity contribution >= 4 is 56.6 Å². The van der Waals surface area contributed by atoms with Gasteiger partial charge in [-0.25, -0.2) is 13.6 Å². The van der Waals surface area contributed by atoms with Crippen LogP contribution < -0.4 is 15.8 Å². The molecule has 0 bridgehead atoms. The molecule has 144 valence electrons. The van der Waals surface area contributed by atoms with Crippen LogP contribution in [0.3, 0.4) is 0 Å². The van der Waals surface area contributed by atoms with E-state index in [9.17, 15) is 18.0 Å². The van der Waals surface area contributed by atoms with Gasteiger partial charge < -0.3 is 10.6 Å². The van der Waals surface area contributed by atoms with Crippen LogP contribution in [0.4, 0.5) is 11.4 Å². The van der Waals surface area contributed by atoms with Gasteiger partial charge in [-0.2, -0.15) is 0 Å². The molecule has 0 atom stereocenters. The fraction of sp³-hybridized carbons (Fsp3) is 0.176. The number of sulfonamides is 1. The molecule has 2 rings (SSSR count). The number of amides is 2. The molecule has 0 spiro atoms. The molecule has 2 amide bonds. The molecule has 0 saturated heterocycles. The van der Waals surface area contributed by atoms with Crippen molar-refractivity contribution in [3.8, 4) is 0 Å². The minimum atomic E-state index is -3.77. The van der Waals surface area contributed by atoms with Crippen molar-refractivity contribution in [3.63, 3.8) is 0 Å². The second kappa shape index (κ2) is 9.23. The van der Waals surface area contributed by atoms with Gasteiger partial charge in [0.25, 0.3) is 0 Å². The van der Waals surface area contributed by atoms with E-state index < -0.39 is 10.0 Å². The lowest BCUT2D eigenvalue weighted by atomic mass is 10.2. The number of aryl methyl sites for hydroxylation is 1. The van der Waals surface area contributed by atoms with Crippen molar-refractivity contribution in [1.82, 2.24) is 0 Å². The highest BCUT2D eigenvalue weighted by atomic mass is 35.5. The molecule has 0 heterocycles. The molecule has 0 fully saturated rings. The molecule has 27 heavy (non-hydrogen) atoms. The first kappa shape index (κ1) is 21.2. The number of hydrogen-bond acceptors (Lipinski definition) is 5. The molecule has 10 heteroatoms. The number of rotatable bonds is 7. The molecule has 0 saturated carbocycles. The Morgan fingerprint density at radius 3 is 2.19 bits per heavy atom. The number of anilines is 2. The van der Waals surface area contributed by atoms with E-state index >= 15 is 0 Å². The van der Waals surface area contributed by atoms with Gasteiger partial charge in [-0.15, -0.1) is 11.8 Å². The zero-order valence-corrected chi connectivity index (χ0v) is 16.7. The van der Waals surface area contributed by atoms with E-state index in [4.69, 9.17) is 16.7 Å². The lowest BCUT2D eigenvalue weighted by molar-refractivity contribution is -0.114. The number of nitrogens with two attached hydrogens (primary N) is 1. The maximum absolute atomic E-state index is 12.0. The largest absolute Gasteiger partial charge is 0.325 e. The van der Waals surface area contributed by atoms with Crippen LogP contribution in [-0.4, -0.2) is 31.7 Å². The molecule has 0 radical (unpaired) electrons. The maximum atomic E-state index is 12.0. The molecule has 7 nitrogen and oxygen atoms in total. The lowest BCUT2D eigenvalue weighted by Gasteiger charge is -2.09. The summed E-state index contributed by atoms with van der Waals surface area (Å²) in [6.45, 7) is 1.84. The monoisotopic (exact) mass is 427 g/mol. The fourth-order valence-corrected chi connectivity index (χ4v) is 3.47. The van der Waals surface area contributed by atoms with Crippen LogP contribution in [0.15, 0.2) is 47.4 Å². The molecule has 4 N–H and O–H groups in total. The summed E-state index contributed by atoms with van der Waals surface area (Å²) in [5.41, 5.74) is 1.96. The fourth-order valence-electron chi connectivity index (χ4n) is 2.12. The van der Waals surface area contributed by atoms with Gasteiger partial charge in [0.05, 0.1) is 16.4 Å². The first-order chi connectivity index (χ1) is 12.6. The van der Waals surface area contributed by atoms with Crippen LogP contribution in [0.1, 0.15) is 5.56 Å². The molecular weight excluding hydrogens is 410 g/mol. The number of carbonyl (C=O) groups excluding carboxylic acids is 2. The van der Waals surface area contributed by atoms with Gasteiger partial charge in [0, 0.05) is 16.4 Å². The van der Waals surface area contributed by atoms with Gasteiger partial charge >= 0.3 is 0 Å². The first-order valence-corrected chi connectivity index (χ1v) is 10.8. The smallest absolute Gasteiger partial charge is 0.238 e. The number of primary sulfonamides is 1. The molecular formula is C17H18ClN3O4S2. The van der Waals surface area contributed by atoms with Crippen molar-refractivity contribution in [2.45, 2.75) is 11.8 Å². The Kier molecular flexibility index (Phi) is 7.25. The Labute approximate surface area is 166 Å². The van der Waals surface area contributed by atoms with Crippen molar-refractivity contribution in [1.29, 1.82) is 0 Å². The average molecular weight is 428 g/mol. The highest BCUT2D eigenvalue weighted by Crippen LogP contribution is 2.20. The Morgan fingerprint density at radius 2 is 1.63 bits per heavy atom. The number of halogens is 1. The molecule has 0 aliphatic carbocycles. The van der Waals surface area contributed by atoms with Crippen LogP contribution >= 0.6 is 23.4 Å². The molecule has 0 aromatic heterocycles. The molecule has 2 aromatic rings. The average Bonchev–Trinajstić information content (AvgIpc) is 2.57. The third-order valence-electron chi connectivity index (χ3n) is 3.40. The number of nitrogens with one attached hydrogen (secondary N) is 2. The van der Waals surface area contributed by atoms with E-state index in [0.717, 1.165) is 17.3 Å². The SMILES string of the molecule is Cc1cc(Cl)ccc1NC(=O)CSCC(=O)Nc1ccc(S(N)(=O)=O)cc1. The topological polar surface area (TPSA) is 118 Å². The quantitative estimate of drug-likeness (QED) is 0.627. The first-order valence-electron chi connectivity index (χ1n) is 7.71. The lowest BCUT2D eigenvalue weighted by Crippen LogP contribution is -2.19. The van der Waals surface area contributed by atoms with Crippen molar-refractivity contribution < 1.29 is 18.0 Å². The summed E-state index contributed by atoms with van der Waals surface area (Å²) in [4.78, 5) is 23.8. The maximum Gasteiger partial charge on any atom is 0.238 e. The predicted octanol–water partition coefficient (Wildman–Crippen LogP) is 2.61. The zero-order valence-electron chi connectivity index (χ0n) is 14.4. The van der Waals surface area contributed by atoms with Gasteiger partial charge in [-0.3, -0.25) is 9.59 Å². The van der Waals surface area contributed by atoms with Crippen molar-refractivity contribution in [2.24, 2.45) is 5.14 Å². The second-order valence-electron chi connectivity index (χ2n) is 5.62. The normalized spacial score (nSPS) is 11.1. The van der Waals surface area contributed by atoms with Crippen molar-refractivity contribution in [2.75, 3.05) is 22.1 Å². The van der Waals surface area contributed by atoms with Gasteiger partial charge in [0.1, 0.15) is 0 Å². The Morgan fingerprint density at radius 1 is 1.04 bits per heavy atom. The van der Waals surface area contributed by atoms with E-state index in [0.29, 0.717) is 16.4 Å². The highest BCUT2D eigenvalue weighted by Gasteiger charge is 2.10.